The first-order valence-electron chi connectivity index (χ1n) is 6.68. The molecule has 0 amide bonds. The maximum absolute atomic E-state index is 5.65. The molecule has 0 saturated heterocycles. The third kappa shape index (κ3) is 4.66. The lowest BCUT2D eigenvalue weighted by molar-refractivity contribution is 0.260. The molecule has 5 heteroatoms. The third-order valence-corrected chi connectivity index (χ3v) is 2.65. The molecule has 0 radical (unpaired) electrons. The summed E-state index contributed by atoms with van der Waals surface area (Å²) in [7, 11) is 0. The van der Waals surface area contributed by atoms with Gasteiger partial charge in [-0.25, -0.2) is 0 Å². The standard InChI is InChI=1S/C15H21N3O2/c1-11-17-18-14(20-11)10-19-13-7-5-6-12(8-13)9-16-15(2,3)4/h5-8,16H,9-10H2,1-4H3. The summed E-state index contributed by atoms with van der Waals surface area (Å²) in [6.45, 7) is 9.29. The topological polar surface area (TPSA) is 60.2 Å². The summed E-state index contributed by atoms with van der Waals surface area (Å²) in [5.74, 6) is 1.83. The van der Waals surface area contributed by atoms with Crippen molar-refractivity contribution < 1.29 is 9.15 Å². The van der Waals surface area contributed by atoms with Crippen LogP contribution in [0.25, 0.3) is 0 Å². The largest absolute Gasteiger partial charge is 0.484 e. The van der Waals surface area contributed by atoms with Gasteiger partial charge in [0.25, 0.3) is 5.89 Å². The second kappa shape index (κ2) is 6.05. The van der Waals surface area contributed by atoms with Crippen LogP contribution >= 0.6 is 0 Å². The fourth-order valence-corrected chi connectivity index (χ4v) is 1.65. The molecule has 2 rings (SSSR count). The summed E-state index contributed by atoms with van der Waals surface area (Å²) in [5.41, 5.74) is 1.28. The average Bonchev–Trinajstić information content (AvgIpc) is 2.80. The van der Waals surface area contributed by atoms with Gasteiger partial charge < -0.3 is 14.5 Å². The van der Waals surface area contributed by atoms with Gasteiger partial charge in [0.2, 0.25) is 5.89 Å². The molecule has 5 nitrogen and oxygen atoms in total. The lowest BCUT2D eigenvalue weighted by Crippen LogP contribution is -2.35. The van der Waals surface area contributed by atoms with E-state index in [1.165, 1.54) is 5.56 Å². The van der Waals surface area contributed by atoms with E-state index in [1.54, 1.807) is 6.92 Å². The highest BCUT2D eigenvalue weighted by molar-refractivity contribution is 5.28. The first kappa shape index (κ1) is 14.5. The van der Waals surface area contributed by atoms with Crippen molar-refractivity contribution in [3.8, 4) is 5.75 Å². The molecule has 0 unspecified atom stereocenters. The Bertz CT molecular complexity index is 558. The van der Waals surface area contributed by atoms with Gasteiger partial charge in [-0.2, -0.15) is 0 Å². The van der Waals surface area contributed by atoms with Crippen LogP contribution < -0.4 is 10.1 Å². The molecule has 1 aromatic carbocycles. The molecule has 0 spiro atoms. The van der Waals surface area contributed by atoms with Gasteiger partial charge >= 0.3 is 0 Å². The number of ether oxygens (including phenoxy) is 1. The zero-order valence-electron chi connectivity index (χ0n) is 12.4. The molecule has 1 aromatic heterocycles. The van der Waals surface area contributed by atoms with Crippen LogP contribution in [0.5, 0.6) is 5.75 Å². The average molecular weight is 275 g/mol. The van der Waals surface area contributed by atoms with Crippen LogP contribution in [0.3, 0.4) is 0 Å². The Morgan fingerprint density at radius 3 is 2.70 bits per heavy atom. The Morgan fingerprint density at radius 1 is 1.25 bits per heavy atom. The van der Waals surface area contributed by atoms with Crippen LogP contribution in [0.2, 0.25) is 0 Å². The Morgan fingerprint density at radius 2 is 2.05 bits per heavy atom. The van der Waals surface area contributed by atoms with Crippen molar-refractivity contribution in [2.75, 3.05) is 0 Å². The minimum absolute atomic E-state index is 0.0954. The van der Waals surface area contributed by atoms with E-state index in [2.05, 4.69) is 42.4 Å². The van der Waals surface area contributed by atoms with Gasteiger partial charge in [-0.1, -0.05) is 12.1 Å². The minimum Gasteiger partial charge on any atom is -0.484 e. The fourth-order valence-electron chi connectivity index (χ4n) is 1.65. The summed E-state index contributed by atoms with van der Waals surface area (Å²) >= 11 is 0. The van der Waals surface area contributed by atoms with Crippen molar-refractivity contribution in [1.82, 2.24) is 15.5 Å². The molecule has 20 heavy (non-hydrogen) atoms. The van der Waals surface area contributed by atoms with Crippen LogP contribution in [0.15, 0.2) is 28.7 Å². The molecule has 1 N–H and O–H groups in total. The molecule has 1 heterocycles. The predicted molar refractivity (Wildman–Crippen MR) is 76.4 cm³/mol. The van der Waals surface area contributed by atoms with Crippen molar-refractivity contribution in [3.05, 3.63) is 41.6 Å². The van der Waals surface area contributed by atoms with E-state index < -0.39 is 0 Å². The van der Waals surface area contributed by atoms with Gasteiger partial charge in [0.15, 0.2) is 6.61 Å². The van der Waals surface area contributed by atoms with Crippen molar-refractivity contribution in [2.45, 2.75) is 46.4 Å². The third-order valence-electron chi connectivity index (χ3n) is 2.65. The summed E-state index contributed by atoms with van der Waals surface area (Å²) in [4.78, 5) is 0. The number of aryl methyl sites for hydroxylation is 1. The first-order valence-corrected chi connectivity index (χ1v) is 6.68. The number of aromatic nitrogens is 2. The van der Waals surface area contributed by atoms with E-state index in [-0.39, 0.29) is 12.1 Å². The highest BCUT2D eigenvalue weighted by Gasteiger charge is 2.09. The number of nitrogens with one attached hydrogen (secondary N) is 1. The molecule has 0 aliphatic carbocycles. The van der Waals surface area contributed by atoms with Crippen LogP contribution in [0.4, 0.5) is 0 Å². The predicted octanol–water partition coefficient (Wildman–Crippen LogP) is 2.85. The number of benzene rings is 1. The molecule has 0 saturated carbocycles. The minimum atomic E-state index is 0.0954. The molecule has 0 fully saturated rings. The molecule has 0 atom stereocenters. The van der Waals surface area contributed by atoms with Crippen LogP contribution in [0, 0.1) is 6.92 Å². The number of hydrogen-bond acceptors (Lipinski definition) is 5. The molecule has 0 aliphatic heterocycles. The normalized spacial score (nSPS) is 11.6. The summed E-state index contributed by atoms with van der Waals surface area (Å²) < 4.78 is 10.9. The second-order valence-corrected chi connectivity index (χ2v) is 5.75. The summed E-state index contributed by atoms with van der Waals surface area (Å²) in [6.07, 6.45) is 0. The highest BCUT2D eigenvalue weighted by atomic mass is 16.5. The van der Waals surface area contributed by atoms with E-state index in [0.717, 1.165) is 12.3 Å². The highest BCUT2D eigenvalue weighted by Crippen LogP contribution is 2.15. The van der Waals surface area contributed by atoms with Gasteiger partial charge in [0.05, 0.1) is 0 Å². The molecule has 0 bridgehead atoms. The van der Waals surface area contributed by atoms with Crippen molar-refractivity contribution in [3.63, 3.8) is 0 Å². The monoisotopic (exact) mass is 275 g/mol. The van der Waals surface area contributed by atoms with Crippen LogP contribution in [0.1, 0.15) is 38.1 Å². The van der Waals surface area contributed by atoms with Crippen LogP contribution in [-0.4, -0.2) is 15.7 Å². The van der Waals surface area contributed by atoms with Gasteiger partial charge in [-0.05, 0) is 38.5 Å². The molecular formula is C15H21N3O2. The lowest BCUT2D eigenvalue weighted by atomic mass is 10.1. The Balaban J connectivity index is 1.92. The molecule has 108 valence electrons. The second-order valence-electron chi connectivity index (χ2n) is 5.75. The van der Waals surface area contributed by atoms with Crippen LogP contribution in [-0.2, 0) is 13.2 Å². The van der Waals surface area contributed by atoms with Crippen molar-refractivity contribution in [2.24, 2.45) is 0 Å². The SMILES string of the molecule is Cc1nnc(COc2cccc(CNC(C)(C)C)c2)o1. The first-order chi connectivity index (χ1) is 9.42. The Kier molecular flexibility index (Phi) is 4.39. The quantitative estimate of drug-likeness (QED) is 0.909. The maximum atomic E-state index is 5.65. The summed E-state index contributed by atoms with van der Waals surface area (Å²) in [5, 5.41) is 11.1. The van der Waals surface area contributed by atoms with E-state index >= 15 is 0 Å². The van der Waals surface area contributed by atoms with E-state index in [4.69, 9.17) is 9.15 Å². The maximum Gasteiger partial charge on any atom is 0.253 e. The smallest absolute Gasteiger partial charge is 0.253 e. The van der Waals surface area contributed by atoms with Crippen molar-refractivity contribution in [1.29, 1.82) is 0 Å². The van der Waals surface area contributed by atoms with Gasteiger partial charge in [0, 0.05) is 19.0 Å². The number of nitrogens with zero attached hydrogens (tertiary/aromatic N) is 2. The van der Waals surface area contributed by atoms with Gasteiger partial charge in [-0.15, -0.1) is 10.2 Å². The molecule has 2 aromatic rings. The Hall–Kier alpha value is -1.88. The van der Waals surface area contributed by atoms with E-state index in [9.17, 15) is 0 Å². The molecular weight excluding hydrogens is 254 g/mol. The number of hydrogen-bond donors (Lipinski definition) is 1. The Labute approximate surface area is 119 Å². The zero-order valence-corrected chi connectivity index (χ0v) is 12.4. The fraction of sp³-hybridized carbons (Fsp3) is 0.467. The number of rotatable bonds is 5. The van der Waals surface area contributed by atoms with Gasteiger partial charge in [0.1, 0.15) is 5.75 Å². The molecule has 0 aliphatic rings. The summed E-state index contributed by atoms with van der Waals surface area (Å²) in [6, 6.07) is 7.99. The zero-order chi connectivity index (χ0) is 14.6. The van der Waals surface area contributed by atoms with Gasteiger partial charge in [-0.3, -0.25) is 0 Å². The van der Waals surface area contributed by atoms with E-state index in [1.807, 2.05) is 18.2 Å². The van der Waals surface area contributed by atoms with E-state index in [0.29, 0.717) is 11.8 Å². The lowest BCUT2D eigenvalue weighted by Gasteiger charge is -2.20. The van der Waals surface area contributed by atoms with Crippen molar-refractivity contribution >= 4 is 0 Å².